The van der Waals surface area contributed by atoms with Crippen molar-refractivity contribution in [2.75, 3.05) is 26.3 Å². The van der Waals surface area contributed by atoms with Crippen molar-refractivity contribution >= 4 is 0 Å². The fourth-order valence-corrected chi connectivity index (χ4v) is 2.67. The summed E-state index contributed by atoms with van der Waals surface area (Å²) in [6.45, 7) is 7.14. The second-order valence-corrected chi connectivity index (χ2v) is 6.60. The lowest BCUT2D eigenvalue weighted by atomic mass is 9.87. The molecule has 1 aliphatic rings. The fourth-order valence-electron chi connectivity index (χ4n) is 2.67. The third-order valence-corrected chi connectivity index (χ3v) is 4.01. The zero-order valence-electron chi connectivity index (χ0n) is 13.2. The molecular weight excluding hydrogens is 254 g/mol. The van der Waals surface area contributed by atoms with E-state index in [9.17, 15) is 10.2 Å². The normalized spacial score (nSPS) is 25.1. The van der Waals surface area contributed by atoms with Crippen LogP contribution < -0.4 is 5.32 Å². The molecule has 0 spiro atoms. The first-order chi connectivity index (χ1) is 9.58. The maximum atomic E-state index is 9.80. The Labute approximate surface area is 123 Å². The Morgan fingerprint density at radius 2 is 1.90 bits per heavy atom. The van der Waals surface area contributed by atoms with Gasteiger partial charge in [-0.25, -0.2) is 0 Å². The number of aliphatic hydroxyl groups excluding tert-OH is 2. The topological polar surface area (TPSA) is 61.7 Å². The maximum Gasteiger partial charge on any atom is 0.0897 e. The average Bonchev–Trinajstić information content (AvgIpc) is 2.40. The summed E-state index contributed by atoms with van der Waals surface area (Å²) in [6, 6.07) is 0. The molecule has 120 valence electrons. The summed E-state index contributed by atoms with van der Waals surface area (Å²) in [5.74, 6) is 1.37. The van der Waals surface area contributed by atoms with Crippen LogP contribution in [0.3, 0.4) is 0 Å². The van der Waals surface area contributed by atoms with Crippen LogP contribution >= 0.6 is 0 Å². The molecule has 0 aromatic rings. The molecule has 1 rings (SSSR count). The van der Waals surface area contributed by atoms with E-state index in [1.165, 1.54) is 6.42 Å². The lowest BCUT2D eigenvalue weighted by Gasteiger charge is -2.26. The van der Waals surface area contributed by atoms with Crippen LogP contribution in [0.1, 0.15) is 52.4 Å². The van der Waals surface area contributed by atoms with Crippen LogP contribution in [0.4, 0.5) is 0 Å². The van der Waals surface area contributed by atoms with Gasteiger partial charge in [0.05, 0.1) is 18.8 Å². The van der Waals surface area contributed by atoms with Gasteiger partial charge in [0.1, 0.15) is 0 Å². The number of ether oxygens (including phenoxy) is 1. The Bertz CT molecular complexity index is 228. The van der Waals surface area contributed by atoms with Gasteiger partial charge in [0.2, 0.25) is 0 Å². The minimum atomic E-state index is -0.414. The van der Waals surface area contributed by atoms with Crippen LogP contribution in [0, 0.1) is 11.8 Å². The monoisotopic (exact) mass is 287 g/mol. The molecule has 0 aromatic heterocycles. The highest BCUT2D eigenvalue weighted by atomic mass is 16.5. The second-order valence-electron chi connectivity index (χ2n) is 6.60. The van der Waals surface area contributed by atoms with Gasteiger partial charge in [-0.15, -0.1) is 0 Å². The van der Waals surface area contributed by atoms with Gasteiger partial charge in [-0.3, -0.25) is 0 Å². The number of rotatable bonds is 10. The standard InChI is InChI=1S/C16H33NO3/c1-13(2)4-3-9-20-12-16(19)11-17-10-14-5-7-15(18)8-6-14/h13-19H,3-12H2,1-2H3. The molecule has 0 bridgehead atoms. The first kappa shape index (κ1) is 17.9. The van der Waals surface area contributed by atoms with Crippen LogP contribution in [0.5, 0.6) is 0 Å². The highest BCUT2D eigenvalue weighted by Gasteiger charge is 2.19. The van der Waals surface area contributed by atoms with Crippen molar-refractivity contribution in [3.63, 3.8) is 0 Å². The van der Waals surface area contributed by atoms with Crippen molar-refractivity contribution in [1.82, 2.24) is 5.32 Å². The predicted molar refractivity (Wildman–Crippen MR) is 81.7 cm³/mol. The first-order valence-corrected chi connectivity index (χ1v) is 8.22. The number of nitrogens with one attached hydrogen (secondary N) is 1. The minimum absolute atomic E-state index is 0.0870. The van der Waals surface area contributed by atoms with Gasteiger partial charge in [-0.1, -0.05) is 13.8 Å². The van der Waals surface area contributed by atoms with E-state index in [4.69, 9.17) is 4.74 Å². The van der Waals surface area contributed by atoms with Crippen molar-refractivity contribution in [1.29, 1.82) is 0 Å². The molecule has 20 heavy (non-hydrogen) atoms. The maximum absolute atomic E-state index is 9.80. The van der Waals surface area contributed by atoms with Crippen molar-refractivity contribution < 1.29 is 14.9 Å². The van der Waals surface area contributed by atoms with Crippen molar-refractivity contribution in [2.24, 2.45) is 11.8 Å². The molecule has 1 unspecified atom stereocenters. The number of hydrogen-bond donors (Lipinski definition) is 3. The Kier molecular flexibility index (Phi) is 9.44. The summed E-state index contributed by atoms with van der Waals surface area (Å²) in [5.41, 5.74) is 0. The molecule has 0 radical (unpaired) electrons. The Morgan fingerprint density at radius 1 is 1.20 bits per heavy atom. The second kappa shape index (κ2) is 10.6. The summed E-state index contributed by atoms with van der Waals surface area (Å²) in [4.78, 5) is 0. The summed E-state index contributed by atoms with van der Waals surface area (Å²) in [5, 5.41) is 22.6. The lowest BCUT2D eigenvalue weighted by molar-refractivity contribution is 0.0337. The van der Waals surface area contributed by atoms with Gasteiger partial charge in [0.15, 0.2) is 0 Å². The molecule has 0 aromatic carbocycles. The highest BCUT2D eigenvalue weighted by Crippen LogP contribution is 2.23. The molecule has 0 heterocycles. The summed E-state index contributed by atoms with van der Waals surface area (Å²) in [6.07, 6.45) is 5.79. The molecule has 0 aliphatic heterocycles. The molecule has 4 nitrogen and oxygen atoms in total. The van der Waals surface area contributed by atoms with Gasteiger partial charge >= 0.3 is 0 Å². The van der Waals surface area contributed by atoms with E-state index in [-0.39, 0.29) is 6.10 Å². The van der Waals surface area contributed by atoms with Gasteiger partial charge < -0.3 is 20.3 Å². The van der Waals surface area contributed by atoms with E-state index >= 15 is 0 Å². The van der Waals surface area contributed by atoms with Gasteiger partial charge in [0.25, 0.3) is 0 Å². The minimum Gasteiger partial charge on any atom is -0.393 e. The molecule has 1 fully saturated rings. The summed E-state index contributed by atoms with van der Waals surface area (Å²) >= 11 is 0. The quantitative estimate of drug-likeness (QED) is 0.537. The smallest absolute Gasteiger partial charge is 0.0897 e. The van der Waals surface area contributed by atoms with Crippen LogP contribution in [-0.2, 0) is 4.74 Å². The van der Waals surface area contributed by atoms with E-state index < -0.39 is 6.10 Å². The Balaban J connectivity index is 1.91. The molecule has 0 amide bonds. The zero-order chi connectivity index (χ0) is 14.8. The molecule has 1 aliphatic carbocycles. The third-order valence-electron chi connectivity index (χ3n) is 4.01. The van der Waals surface area contributed by atoms with E-state index in [2.05, 4.69) is 19.2 Å². The summed E-state index contributed by atoms with van der Waals surface area (Å²) < 4.78 is 5.48. The SMILES string of the molecule is CC(C)CCCOCC(O)CNCC1CCC(O)CC1. The van der Waals surface area contributed by atoms with Crippen LogP contribution in [0.15, 0.2) is 0 Å². The van der Waals surface area contributed by atoms with Crippen LogP contribution in [-0.4, -0.2) is 48.7 Å². The van der Waals surface area contributed by atoms with E-state index in [0.29, 0.717) is 19.1 Å². The highest BCUT2D eigenvalue weighted by molar-refractivity contribution is 4.73. The van der Waals surface area contributed by atoms with Gasteiger partial charge in [0, 0.05) is 13.2 Å². The van der Waals surface area contributed by atoms with Crippen molar-refractivity contribution in [3.05, 3.63) is 0 Å². The average molecular weight is 287 g/mol. The fraction of sp³-hybridized carbons (Fsp3) is 1.00. The van der Waals surface area contributed by atoms with Crippen LogP contribution in [0.25, 0.3) is 0 Å². The van der Waals surface area contributed by atoms with E-state index in [0.717, 1.165) is 51.2 Å². The first-order valence-electron chi connectivity index (χ1n) is 8.22. The van der Waals surface area contributed by atoms with E-state index in [1.807, 2.05) is 0 Å². The lowest BCUT2D eigenvalue weighted by Crippen LogP contribution is -2.35. The molecule has 0 saturated heterocycles. The largest absolute Gasteiger partial charge is 0.393 e. The predicted octanol–water partition coefficient (Wildman–Crippen LogP) is 1.94. The third kappa shape index (κ3) is 8.90. The molecule has 1 saturated carbocycles. The molecule has 3 N–H and O–H groups in total. The van der Waals surface area contributed by atoms with E-state index in [1.54, 1.807) is 0 Å². The number of aliphatic hydroxyl groups is 2. The molecular formula is C16H33NO3. The van der Waals surface area contributed by atoms with Crippen molar-refractivity contribution in [2.45, 2.75) is 64.6 Å². The van der Waals surface area contributed by atoms with Gasteiger partial charge in [-0.05, 0) is 56.9 Å². The molecule has 4 heteroatoms. The Morgan fingerprint density at radius 3 is 2.55 bits per heavy atom. The van der Waals surface area contributed by atoms with Crippen LogP contribution in [0.2, 0.25) is 0 Å². The van der Waals surface area contributed by atoms with Gasteiger partial charge in [-0.2, -0.15) is 0 Å². The Hall–Kier alpha value is -0.160. The van der Waals surface area contributed by atoms with Crippen molar-refractivity contribution in [3.8, 4) is 0 Å². The molecule has 1 atom stereocenters. The zero-order valence-corrected chi connectivity index (χ0v) is 13.2. The number of hydrogen-bond acceptors (Lipinski definition) is 4. The summed E-state index contributed by atoms with van der Waals surface area (Å²) in [7, 11) is 0.